The van der Waals surface area contributed by atoms with E-state index in [1.807, 2.05) is 6.20 Å². The largest absolute Gasteiger partial charge is 0.309 e. The Hall–Kier alpha value is -5.51. The molecule has 2 heterocycles. The molecular formula is C41H26N2S. The highest BCUT2D eigenvalue weighted by Gasteiger charge is 2.17. The molecule has 7 aromatic carbocycles. The summed E-state index contributed by atoms with van der Waals surface area (Å²) in [5.41, 5.74) is 5.65. The molecule has 0 bridgehead atoms. The Morgan fingerprint density at radius 2 is 1.05 bits per heavy atom. The van der Waals surface area contributed by atoms with Crippen molar-refractivity contribution in [2.75, 3.05) is 4.90 Å². The Kier molecular flexibility index (Phi) is 5.71. The van der Waals surface area contributed by atoms with E-state index in [-0.39, 0.29) is 0 Å². The Labute approximate surface area is 259 Å². The maximum Gasteiger partial charge on any atom is 0.124 e. The third-order valence-electron chi connectivity index (χ3n) is 8.70. The van der Waals surface area contributed by atoms with Crippen molar-refractivity contribution in [3.63, 3.8) is 0 Å². The summed E-state index contributed by atoms with van der Waals surface area (Å²) in [4.78, 5) is 8.36. The molecule has 0 fully saturated rings. The first-order valence-corrected chi connectivity index (χ1v) is 15.7. The predicted octanol–water partition coefficient (Wildman–Crippen LogP) is 12.0. The Morgan fingerprint density at radius 1 is 0.409 bits per heavy atom. The molecule has 0 unspecified atom stereocenters. The smallest absolute Gasteiger partial charge is 0.124 e. The minimum atomic E-state index is 1.04. The number of benzene rings is 7. The summed E-state index contributed by atoms with van der Waals surface area (Å²) in [6.45, 7) is 0. The van der Waals surface area contributed by atoms with Crippen molar-refractivity contribution in [2.24, 2.45) is 0 Å². The zero-order chi connectivity index (χ0) is 29.0. The van der Waals surface area contributed by atoms with E-state index in [9.17, 15) is 0 Å². The third-order valence-corrected chi connectivity index (χ3v) is 9.79. The van der Waals surface area contributed by atoms with Gasteiger partial charge in [0.2, 0.25) is 0 Å². The van der Waals surface area contributed by atoms with Crippen LogP contribution in [0.25, 0.3) is 63.7 Å². The van der Waals surface area contributed by atoms with E-state index in [0.29, 0.717) is 0 Å². The van der Waals surface area contributed by atoms with Crippen LogP contribution in [0.5, 0.6) is 0 Å². The topological polar surface area (TPSA) is 16.1 Å². The van der Waals surface area contributed by atoms with Gasteiger partial charge in [-0.25, -0.2) is 4.98 Å². The van der Waals surface area contributed by atoms with Crippen LogP contribution < -0.4 is 4.90 Å². The minimum absolute atomic E-state index is 1.04. The van der Waals surface area contributed by atoms with Crippen LogP contribution >= 0.6 is 11.3 Å². The quantitative estimate of drug-likeness (QED) is 0.193. The summed E-state index contributed by atoms with van der Waals surface area (Å²) in [7, 11) is 0. The van der Waals surface area contributed by atoms with Crippen molar-refractivity contribution in [1.29, 1.82) is 0 Å². The van der Waals surface area contributed by atoms with E-state index in [0.717, 1.165) is 21.9 Å². The van der Waals surface area contributed by atoms with Gasteiger partial charge in [0.15, 0.2) is 0 Å². The number of anilines is 3. The first-order chi connectivity index (χ1) is 21.8. The van der Waals surface area contributed by atoms with Gasteiger partial charge in [0.05, 0.1) is 11.9 Å². The van der Waals surface area contributed by atoms with Crippen LogP contribution in [-0.2, 0) is 0 Å². The zero-order valence-corrected chi connectivity index (χ0v) is 24.6. The molecule has 0 aliphatic carbocycles. The highest BCUT2D eigenvalue weighted by molar-refractivity contribution is 7.25. The lowest BCUT2D eigenvalue weighted by molar-refractivity contribution is 1.26. The summed E-state index contributed by atoms with van der Waals surface area (Å²) in [6.07, 6.45) is 2.01. The average Bonchev–Trinajstić information content (AvgIpc) is 3.47. The normalized spacial score (nSPS) is 11.6. The van der Waals surface area contributed by atoms with Crippen molar-refractivity contribution in [3.8, 4) is 11.1 Å². The average molecular weight is 579 g/mol. The number of rotatable bonds is 4. The van der Waals surface area contributed by atoms with Gasteiger partial charge < -0.3 is 4.90 Å². The number of hydrogen-bond acceptors (Lipinski definition) is 3. The van der Waals surface area contributed by atoms with Crippen molar-refractivity contribution >= 4 is 81.0 Å². The van der Waals surface area contributed by atoms with Gasteiger partial charge >= 0.3 is 0 Å². The molecule has 9 rings (SSSR count). The molecule has 206 valence electrons. The van der Waals surface area contributed by atoms with Gasteiger partial charge in [-0.3, -0.25) is 0 Å². The van der Waals surface area contributed by atoms with Gasteiger partial charge in [0.1, 0.15) is 4.83 Å². The van der Waals surface area contributed by atoms with E-state index < -0.39 is 0 Å². The maximum atomic E-state index is 4.96. The summed E-state index contributed by atoms with van der Waals surface area (Å²) in [6, 6.07) is 54.8. The first-order valence-electron chi connectivity index (χ1n) is 14.9. The van der Waals surface area contributed by atoms with Crippen LogP contribution in [0.3, 0.4) is 0 Å². The number of thiophene rings is 1. The summed E-state index contributed by atoms with van der Waals surface area (Å²) in [5.74, 6) is 0. The van der Waals surface area contributed by atoms with Crippen LogP contribution in [0.15, 0.2) is 158 Å². The molecule has 0 N–H and O–H groups in total. The fraction of sp³-hybridized carbons (Fsp3) is 0. The summed E-state index contributed by atoms with van der Waals surface area (Å²) < 4.78 is 1.26. The van der Waals surface area contributed by atoms with E-state index in [1.165, 1.54) is 58.9 Å². The van der Waals surface area contributed by atoms with Crippen molar-refractivity contribution < 1.29 is 0 Å². The lowest BCUT2D eigenvalue weighted by Gasteiger charge is -2.26. The number of fused-ring (bicyclic) bond motifs is 8. The fourth-order valence-corrected chi connectivity index (χ4v) is 7.58. The molecule has 0 aliphatic heterocycles. The molecule has 2 nitrogen and oxygen atoms in total. The number of nitrogens with zero attached hydrogens (tertiary/aromatic N) is 2. The highest BCUT2D eigenvalue weighted by Crippen LogP contribution is 2.41. The van der Waals surface area contributed by atoms with Crippen molar-refractivity contribution in [1.82, 2.24) is 4.98 Å². The van der Waals surface area contributed by atoms with E-state index in [2.05, 4.69) is 157 Å². The molecule has 0 atom stereocenters. The first kappa shape index (κ1) is 25.0. The van der Waals surface area contributed by atoms with Gasteiger partial charge in [-0.15, -0.1) is 11.3 Å². The number of hydrogen-bond donors (Lipinski definition) is 0. The molecule has 44 heavy (non-hydrogen) atoms. The Morgan fingerprint density at radius 3 is 1.89 bits per heavy atom. The van der Waals surface area contributed by atoms with Crippen molar-refractivity contribution in [3.05, 3.63) is 158 Å². The molecule has 0 spiro atoms. The predicted molar refractivity (Wildman–Crippen MR) is 190 cm³/mol. The Bertz CT molecular complexity index is 2490. The lowest BCUT2D eigenvalue weighted by atomic mass is 9.96. The monoisotopic (exact) mass is 578 g/mol. The molecule has 0 aliphatic rings. The van der Waals surface area contributed by atoms with Gasteiger partial charge in [-0.1, -0.05) is 115 Å². The second kappa shape index (κ2) is 10.0. The zero-order valence-electron chi connectivity index (χ0n) is 23.8. The van der Waals surface area contributed by atoms with Crippen LogP contribution in [0.1, 0.15) is 0 Å². The molecule has 0 radical (unpaired) electrons. The van der Waals surface area contributed by atoms with Gasteiger partial charge in [0.25, 0.3) is 0 Å². The molecule has 9 aromatic rings. The fourth-order valence-electron chi connectivity index (χ4n) is 6.56. The number of pyridine rings is 1. The summed E-state index contributed by atoms with van der Waals surface area (Å²) >= 11 is 1.75. The number of aromatic nitrogens is 1. The maximum absolute atomic E-state index is 4.96. The van der Waals surface area contributed by atoms with Crippen LogP contribution in [0.2, 0.25) is 0 Å². The minimum Gasteiger partial charge on any atom is -0.309 e. The second-order valence-electron chi connectivity index (χ2n) is 11.2. The van der Waals surface area contributed by atoms with E-state index in [1.54, 1.807) is 11.3 Å². The standard InChI is InChI=1S/C41H26N2S/c1-2-8-27(9-3-1)28-14-18-31(19-15-28)43(33-25-39-38-12-6-7-13-40(38)44-41(39)42-26-33)32-20-23-35-30(24-32)17-22-36-34-11-5-4-10-29(34)16-21-37(35)36/h1-26H. The highest BCUT2D eigenvalue weighted by atomic mass is 32.1. The molecule has 3 heteroatoms. The molecule has 2 aromatic heterocycles. The van der Waals surface area contributed by atoms with E-state index >= 15 is 0 Å². The van der Waals surface area contributed by atoms with Crippen molar-refractivity contribution in [2.45, 2.75) is 0 Å². The SMILES string of the molecule is c1ccc(-c2ccc(N(c3ccc4c(ccc5c6ccccc6ccc45)c3)c3cnc4sc5ccccc5c4c3)cc2)cc1. The molecular weight excluding hydrogens is 553 g/mol. The van der Waals surface area contributed by atoms with Crippen LogP contribution in [-0.4, -0.2) is 4.98 Å². The molecule has 0 amide bonds. The van der Waals surface area contributed by atoms with Gasteiger partial charge in [-0.2, -0.15) is 0 Å². The van der Waals surface area contributed by atoms with Gasteiger partial charge in [0, 0.05) is 26.8 Å². The van der Waals surface area contributed by atoms with Gasteiger partial charge in [-0.05, 0) is 79.8 Å². The van der Waals surface area contributed by atoms with Crippen LogP contribution in [0.4, 0.5) is 17.1 Å². The van der Waals surface area contributed by atoms with E-state index in [4.69, 9.17) is 4.98 Å². The molecule has 0 saturated carbocycles. The van der Waals surface area contributed by atoms with Crippen LogP contribution in [0, 0.1) is 0 Å². The second-order valence-corrected chi connectivity index (χ2v) is 12.3. The third kappa shape index (κ3) is 4.05. The Balaban J connectivity index is 1.23. The molecule has 0 saturated heterocycles. The lowest BCUT2D eigenvalue weighted by Crippen LogP contribution is -2.10. The summed E-state index contributed by atoms with van der Waals surface area (Å²) in [5, 5.41) is 10.0.